The van der Waals surface area contributed by atoms with Crippen molar-refractivity contribution in [3.8, 4) is 0 Å². The molecule has 0 spiro atoms. The van der Waals surface area contributed by atoms with Crippen molar-refractivity contribution in [3.05, 3.63) is 6.33 Å². The molecule has 12 heavy (non-hydrogen) atoms. The van der Waals surface area contributed by atoms with Crippen LogP contribution < -0.4 is 5.73 Å². The zero-order chi connectivity index (χ0) is 8.81. The molecule has 0 bridgehead atoms. The quantitative estimate of drug-likeness (QED) is 0.678. The van der Waals surface area contributed by atoms with Crippen molar-refractivity contribution < 1.29 is 5.11 Å². The van der Waals surface area contributed by atoms with Gasteiger partial charge in [-0.25, -0.2) is 4.98 Å². The lowest BCUT2D eigenvalue weighted by Crippen LogP contribution is -2.24. The van der Waals surface area contributed by atoms with Crippen molar-refractivity contribution in [2.45, 2.75) is 16.8 Å². The Morgan fingerprint density at radius 2 is 2.58 bits per heavy atom. The van der Waals surface area contributed by atoms with Crippen LogP contribution in [0.1, 0.15) is 6.42 Å². The van der Waals surface area contributed by atoms with Crippen molar-refractivity contribution in [1.82, 2.24) is 9.36 Å². The lowest BCUT2D eigenvalue weighted by molar-refractivity contribution is 0.264. The summed E-state index contributed by atoms with van der Waals surface area (Å²) in [4.78, 5) is 4.01. The summed E-state index contributed by atoms with van der Waals surface area (Å²) >= 11 is 3.01. The molecular weight excluding hydrogens is 194 g/mol. The number of nitrogens with two attached hydrogens (primary N) is 1. The first kappa shape index (κ1) is 9.91. The Balaban J connectivity index is 2.11. The largest absolute Gasteiger partial charge is 0.395 e. The second-order valence-corrected chi connectivity index (χ2v) is 4.41. The molecule has 1 aromatic heterocycles. The summed E-state index contributed by atoms with van der Waals surface area (Å²) in [6, 6.07) is -0.106. The van der Waals surface area contributed by atoms with Crippen LogP contribution >= 0.6 is 23.3 Å². The first-order valence-corrected chi connectivity index (χ1v) is 5.34. The normalized spacial score (nSPS) is 13.2. The first-order chi connectivity index (χ1) is 5.83. The highest BCUT2D eigenvalue weighted by atomic mass is 32.2. The Labute approximate surface area is 79.4 Å². The van der Waals surface area contributed by atoms with Crippen LogP contribution in [0.2, 0.25) is 0 Å². The Morgan fingerprint density at radius 3 is 3.17 bits per heavy atom. The van der Waals surface area contributed by atoms with Gasteiger partial charge in [-0.3, -0.25) is 0 Å². The van der Waals surface area contributed by atoms with Crippen molar-refractivity contribution in [3.63, 3.8) is 0 Å². The second-order valence-electron chi connectivity index (χ2n) is 2.29. The number of aromatic nitrogens is 2. The number of thioether (sulfide) groups is 1. The molecule has 1 aromatic rings. The van der Waals surface area contributed by atoms with E-state index in [2.05, 4.69) is 9.36 Å². The average molecular weight is 205 g/mol. The number of aliphatic hydroxyl groups is 1. The summed E-state index contributed by atoms with van der Waals surface area (Å²) in [5, 5.41) is 8.63. The molecule has 4 nitrogen and oxygen atoms in total. The van der Waals surface area contributed by atoms with Gasteiger partial charge in [0.25, 0.3) is 0 Å². The topological polar surface area (TPSA) is 72.0 Å². The van der Waals surface area contributed by atoms with E-state index in [-0.39, 0.29) is 12.6 Å². The SMILES string of the molecule is NC(CO)CCSc1ncns1. The van der Waals surface area contributed by atoms with Gasteiger partial charge in [-0.05, 0) is 18.0 Å². The van der Waals surface area contributed by atoms with Gasteiger partial charge in [0.2, 0.25) is 0 Å². The van der Waals surface area contributed by atoms with Crippen molar-refractivity contribution >= 4 is 23.3 Å². The minimum atomic E-state index is -0.106. The maximum Gasteiger partial charge on any atom is 0.169 e. The summed E-state index contributed by atoms with van der Waals surface area (Å²) in [5.41, 5.74) is 5.52. The zero-order valence-electron chi connectivity index (χ0n) is 6.51. The van der Waals surface area contributed by atoms with Crippen LogP contribution in [-0.4, -0.2) is 32.9 Å². The Morgan fingerprint density at radius 1 is 1.75 bits per heavy atom. The van der Waals surface area contributed by atoms with Crippen molar-refractivity contribution in [2.24, 2.45) is 5.73 Å². The number of rotatable bonds is 5. The van der Waals surface area contributed by atoms with E-state index in [9.17, 15) is 0 Å². The molecule has 0 aromatic carbocycles. The minimum absolute atomic E-state index is 0.0523. The average Bonchev–Trinajstić information content (AvgIpc) is 2.57. The second kappa shape index (κ2) is 5.47. The first-order valence-electron chi connectivity index (χ1n) is 3.59. The molecule has 0 aliphatic heterocycles. The Bertz CT molecular complexity index is 205. The van der Waals surface area contributed by atoms with Crippen molar-refractivity contribution in [1.29, 1.82) is 0 Å². The third-order valence-corrected chi connectivity index (χ3v) is 3.12. The maximum atomic E-state index is 8.63. The van der Waals surface area contributed by atoms with E-state index in [0.717, 1.165) is 16.5 Å². The van der Waals surface area contributed by atoms with Crippen LogP contribution in [0.3, 0.4) is 0 Å². The van der Waals surface area contributed by atoms with E-state index in [1.165, 1.54) is 11.5 Å². The lowest BCUT2D eigenvalue weighted by atomic mass is 10.3. The number of nitrogens with zero attached hydrogens (tertiary/aromatic N) is 2. The molecule has 1 rings (SSSR count). The monoisotopic (exact) mass is 205 g/mol. The van der Waals surface area contributed by atoms with E-state index in [1.54, 1.807) is 18.1 Å². The summed E-state index contributed by atoms with van der Waals surface area (Å²) < 4.78 is 4.83. The highest BCUT2D eigenvalue weighted by Gasteiger charge is 2.01. The summed E-state index contributed by atoms with van der Waals surface area (Å²) in [5.74, 6) is 0.886. The van der Waals surface area contributed by atoms with Gasteiger partial charge in [-0.2, -0.15) is 4.37 Å². The predicted octanol–water partition coefficient (Wildman–Crippen LogP) is 0.340. The Kier molecular flexibility index (Phi) is 4.52. The van der Waals surface area contributed by atoms with Crippen LogP contribution in [0.5, 0.6) is 0 Å². The Hall–Kier alpha value is -0.170. The van der Waals surface area contributed by atoms with Crippen LogP contribution in [-0.2, 0) is 0 Å². The van der Waals surface area contributed by atoms with Gasteiger partial charge in [0, 0.05) is 11.8 Å². The smallest absolute Gasteiger partial charge is 0.169 e. The highest BCUT2D eigenvalue weighted by Crippen LogP contribution is 2.18. The van der Waals surface area contributed by atoms with Gasteiger partial charge >= 0.3 is 0 Å². The molecule has 6 heteroatoms. The predicted molar refractivity (Wildman–Crippen MR) is 50.3 cm³/mol. The molecule has 1 heterocycles. The third kappa shape index (κ3) is 3.48. The number of aliphatic hydroxyl groups excluding tert-OH is 1. The van der Waals surface area contributed by atoms with E-state index < -0.39 is 0 Å². The molecule has 3 N–H and O–H groups in total. The maximum absolute atomic E-state index is 8.63. The van der Waals surface area contributed by atoms with E-state index in [1.807, 2.05) is 0 Å². The van der Waals surface area contributed by atoms with Gasteiger partial charge in [0.15, 0.2) is 4.34 Å². The highest BCUT2D eigenvalue weighted by molar-refractivity contribution is 8.00. The summed E-state index contributed by atoms with van der Waals surface area (Å²) in [6.07, 6.45) is 2.35. The molecule has 0 aliphatic rings. The van der Waals surface area contributed by atoms with Crippen LogP contribution in [0.25, 0.3) is 0 Å². The molecule has 0 amide bonds. The number of hydrogen-bond acceptors (Lipinski definition) is 6. The lowest BCUT2D eigenvalue weighted by Gasteiger charge is -2.04. The summed E-state index contributed by atoms with van der Waals surface area (Å²) in [7, 11) is 0. The van der Waals surface area contributed by atoms with Gasteiger partial charge in [-0.1, -0.05) is 11.8 Å². The standard InChI is InChI=1S/C6H11N3OS2/c7-5(3-10)1-2-11-6-8-4-9-12-6/h4-5,10H,1-3,7H2. The fraction of sp³-hybridized carbons (Fsp3) is 0.667. The summed E-state index contributed by atoms with van der Waals surface area (Å²) in [6.45, 7) is 0.0523. The van der Waals surface area contributed by atoms with Gasteiger partial charge in [0.05, 0.1) is 6.61 Å². The fourth-order valence-electron chi connectivity index (χ4n) is 0.615. The molecule has 68 valence electrons. The minimum Gasteiger partial charge on any atom is -0.395 e. The molecule has 0 saturated heterocycles. The van der Waals surface area contributed by atoms with E-state index in [0.29, 0.717) is 0 Å². The third-order valence-electron chi connectivity index (χ3n) is 1.29. The van der Waals surface area contributed by atoms with Gasteiger partial charge in [0.1, 0.15) is 6.33 Å². The molecule has 0 fully saturated rings. The van der Waals surface area contributed by atoms with Gasteiger partial charge in [-0.15, -0.1) is 0 Å². The van der Waals surface area contributed by atoms with Crippen LogP contribution in [0, 0.1) is 0 Å². The molecular formula is C6H11N3OS2. The van der Waals surface area contributed by atoms with Crippen LogP contribution in [0.4, 0.5) is 0 Å². The van der Waals surface area contributed by atoms with Crippen LogP contribution in [0.15, 0.2) is 10.7 Å². The van der Waals surface area contributed by atoms with Gasteiger partial charge < -0.3 is 10.8 Å². The molecule has 0 aliphatic carbocycles. The van der Waals surface area contributed by atoms with E-state index in [4.69, 9.17) is 10.8 Å². The van der Waals surface area contributed by atoms with Crippen molar-refractivity contribution in [2.75, 3.05) is 12.4 Å². The molecule has 0 radical (unpaired) electrons. The number of hydrogen-bond donors (Lipinski definition) is 2. The molecule has 1 atom stereocenters. The molecule has 0 saturated carbocycles. The zero-order valence-corrected chi connectivity index (χ0v) is 8.14. The molecule has 1 unspecified atom stereocenters. The van der Waals surface area contributed by atoms with E-state index >= 15 is 0 Å². The fourth-order valence-corrected chi connectivity index (χ4v) is 2.20.